The van der Waals surface area contributed by atoms with Crippen LogP contribution in [-0.4, -0.2) is 21.5 Å². The van der Waals surface area contributed by atoms with Crippen LogP contribution < -0.4 is 4.72 Å². The molecule has 0 aliphatic heterocycles. The van der Waals surface area contributed by atoms with E-state index in [1.165, 1.54) is 18.2 Å². The Hall–Kier alpha value is -2.92. The third kappa shape index (κ3) is 4.94. The van der Waals surface area contributed by atoms with E-state index in [1.807, 2.05) is 0 Å². The van der Waals surface area contributed by atoms with Crippen LogP contribution in [0.5, 0.6) is 0 Å². The van der Waals surface area contributed by atoms with Gasteiger partial charge in [0.05, 0.1) is 28.8 Å². The van der Waals surface area contributed by atoms with Crippen LogP contribution in [0.15, 0.2) is 53.4 Å². The first-order valence-electron chi connectivity index (χ1n) is 9.17. The number of thiophene rings is 1. The van der Waals surface area contributed by atoms with Gasteiger partial charge in [0, 0.05) is 10.4 Å². The predicted octanol–water partition coefficient (Wildman–Crippen LogP) is 5.72. The Balaban J connectivity index is 2.15. The van der Waals surface area contributed by atoms with Crippen molar-refractivity contribution in [2.24, 2.45) is 0 Å². The summed E-state index contributed by atoms with van der Waals surface area (Å²) in [4.78, 5) is 11.8. The van der Waals surface area contributed by atoms with Gasteiger partial charge in [-0.15, -0.1) is 11.3 Å². The average Bonchev–Trinajstić information content (AvgIpc) is 3.17. The molecule has 1 heterocycles. The number of alkyl halides is 3. The van der Waals surface area contributed by atoms with Gasteiger partial charge in [0.1, 0.15) is 0 Å². The smallest absolute Gasteiger partial charge is 0.416 e. The highest BCUT2D eigenvalue weighted by molar-refractivity contribution is 7.92. The molecule has 0 bridgehead atoms. The van der Waals surface area contributed by atoms with Crippen LogP contribution in [-0.2, 0) is 27.4 Å². The molecule has 3 aromatic rings. The number of sulfonamides is 1. The molecule has 0 radical (unpaired) electrons. The summed E-state index contributed by atoms with van der Waals surface area (Å²) < 4.78 is 86.5. The van der Waals surface area contributed by atoms with E-state index in [-0.39, 0.29) is 33.0 Å². The van der Waals surface area contributed by atoms with E-state index >= 15 is 0 Å². The fraction of sp³-hybridized carbons (Fsp3) is 0.190. The van der Waals surface area contributed by atoms with Crippen LogP contribution in [0, 0.1) is 5.13 Å². The number of ether oxygens (including phenoxy) is 1. The number of halogens is 4. The lowest BCUT2D eigenvalue weighted by Crippen LogP contribution is -2.17. The Morgan fingerprint density at radius 1 is 1.09 bits per heavy atom. The zero-order chi connectivity index (χ0) is 23.7. The third-order valence-corrected chi connectivity index (χ3v) is 6.94. The van der Waals surface area contributed by atoms with E-state index < -0.39 is 32.9 Å². The molecule has 5 nitrogen and oxygen atoms in total. The van der Waals surface area contributed by atoms with Crippen LogP contribution in [0.2, 0.25) is 0 Å². The molecule has 0 saturated carbocycles. The molecule has 3 rings (SSSR count). The topological polar surface area (TPSA) is 72.5 Å². The minimum Gasteiger partial charge on any atom is -0.465 e. The van der Waals surface area contributed by atoms with E-state index in [0.29, 0.717) is 23.0 Å². The number of carbonyl (C=O) groups excluding carboxylic acids is 1. The standard InChI is InChI=1S/C21H17F4NO4S2/c1-3-12-4-5-13(20(27)30-2)10-18(12)32(28,29)26-16-11-14(21(23,24)25)6-7-15(16)17-8-9-19(22)31-17/h4-11,26H,3H2,1-2H3. The van der Waals surface area contributed by atoms with E-state index in [4.69, 9.17) is 0 Å². The highest BCUT2D eigenvalue weighted by atomic mass is 32.2. The van der Waals surface area contributed by atoms with Crippen molar-refractivity contribution in [3.05, 3.63) is 70.4 Å². The number of aryl methyl sites for hydroxylation is 1. The number of esters is 1. The summed E-state index contributed by atoms with van der Waals surface area (Å²) in [5.41, 5.74) is -1.05. The lowest BCUT2D eigenvalue weighted by atomic mass is 10.1. The number of carbonyl (C=O) groups is 1. The lowest BCUT2D eigenvalue weighted by molar-refractivity contribution is -0.137. The Morgan fingerprint density at radius 3 is 2.38 bits per heavy atom. The Bertz CT molecular complexity index is 1270. The first kappa shape index (κ1) is 23.7. The maximum absolute atomic E-state index is 13.5. The minimum atomic E-state index is -4.72. The summed E-state index contributed by atoms with van der Waals surface area (Å²) in [6, 6.07) is 8.93. The SMILES string of the molecule is CCc1ccc(C(=O)OC)cc1S(=O)(=O)Nc1cc(C(F)(F)F)ccc1-c1ccc(F)s1. The summed E-state index contributed by atoms with van der Waals surface area (Å²) >= 11 is 0.663. The highest BCUT2D eigenvalue weighted by Crippen LogP contribution is 2.39. The van der Waals surface area contributed by atoms with Crippen molar-refractivity contribution >= 4 is 33.0 Å². The first-order chi connectivity index (χ1) is 15.0. The Kier molecular flexibility index (Phi) is 6.61. The normalized spacial score (nSPS) is 11.9. The quantitative estimate of drug-likeness (QED) is 0.356. The number of benzene rings is 2. The minimum absolute atomic E-state index is 0.0327. The van der Waals surface area contributed by atoms with Crippen LogP contribution in [0.1, 0.15) is 28.4 Å². The van der Waals surface area contributed by atoms with Gasteiger partial charge in [0.15, 0.2) is 5.13 Å². The molecule has 11 heteroatoms. The molecular formula is C21H17F4NO4S2. The van der Waals surface area contributed by atoms with Crippen molar-refractivity contribution in [2.75, 3.05) is 11.8 Å². The summed E-state index contributed by atoms with van der Waals surface area (Å²) in [7, 11) is -3.28. The van der Waals surface area contributed by atoms with Gasteiger partial charge in [-0.25, -0.2) is 13.2 Å². The van der Waals surface area contributed by atoms with Crippen molar-refractivity contribution in [1.29, 1.82) is 0 Å². The van der Waals surface area contributed by atoms with Gasteiger partial charge in [0.2, 0.25) is 0 Å². The fourth-order valence-corrected chi connectivity index (χ4v) is 5.20. The number of hydrogen-bond donors (Lipinski definition) is 1. The van der Waals surface area contributed by atoms with E-state index in [1.54, 1.807) is 6.92 Å². The number of anilines is 1. The predicted molar refractivity (Wildman–Crippen MR) is 113 cm³/mol. The zero-order valence-electron chi connectivity index (χ0n) is 16.8. The van der Waals surface area contributed by atoms with Gasteiger partial charge in [-0.2, -0.15) is 17.6 Å². The molecule has 1 aromatic heterocycles. The summed E-state index contributed by atoms with van der Waals surface area (Å²) in [5, 5.41) is -0.576. The van der Waals surface area contributed by atoms with Gasteiger partial charge >= 0.3 is 12.1 Å². The maximum Gasteiger partial charge on any atom is 0.416 e. The molecule has 0 aliphatic rings. The van der Waals surface area contributed by atoms with Crippen molar-refractivity contribution in [3.63, 3.8) is 0 Å². The van der Waals surface area contributed by atoms with Gasteiger partial charge < -0.3 is 4.74 Å². The van der Waals surface area contributed by atoms with E-state index in [0.717, 1.165) is 31.4 Å². The molecule has 0 aliphatic carbocycles. The number of methoxy groups -OCH3 is 1. The highest BCUT2D eigenvalue weighted by Gasteiger charge is 2.32. The van der Waals surface area contributed by atoms with Crippen molar-refractivity contribution in [1.82, 2.24) is 0 Å². The summed E-state index contributed by atoms with van der Waals surface area (Å²) in [6.45, 7) is 1.69. The van der Waals surface area contributed by atoms with Crippen LogP contribution in [0.25, 0.3) is 10.4 Å². The van der Waals surface area contributed by atoms with Crippen LogP contribution in [0.4, 0.5) is 23.2 Å². The molecule has 32 heavy (non-hydrogen) atoms. The molecule has 2 aromatic carbocycles. The maximum atomic E-state index is 13.5. The molecule has 0 atom stereocenters. The lowest BCUT2D eigenvalue weighted by Gasteiger charge is -2.17. The molecule has 0 fully saturated rings. The number of hydrogen-bond acceptors (Lipinski definition) is 5. The fourth-order valence-electron chi connectivity index (χ4n) is 3.02. The average molecular weight is 487 g/mol. The second-order valence-corrected chi connectivity index (χ2v) is 9.32. The van der Waals surface area contributed by atoms with Gasteiger partial charge in [-0.1, -0.05) is 19.1 Å². The number of nitrogens with one attached hydrogen (secondary N) is 1. The van der Waals surface area contributed by atoms with E-state index in [9.17, 15) is 30.8 Å². The van der Waals surface area contributed by atoms with E-state index in [2.05, 4.69) is 9.46 Å². The first-order valence-corrected chi connectivity index (χ1v) is 11.5. The van der Waals surface area contributed by atoms with Crippen molar-refractivity contribution in [3.8, 4) is 10.4 Å². The van der Waals surface area contributed by atoms with Crippen molar-refractivity contribution in [2.45, 2.75) is 24.4 Å². The molecular weight excluding hydrogens is 470 g/mol. The molecule has 0 amide bonds. The second-order valence-electron chi connectivity index (χ2n) is 6.64. The van der Waals surface area contributed by atoms with Crippen molar-refractivity contribution < 1.29 is 35.5 Å². The molecule has 170 valence electrons. The Morgan fingerprint density at radius 2 is 1.81 bits per heavy atom. The monoisotopic (exact) mass is 487 g/mol. The van der Waals surface area contributed by atoms with Gasteiger partial charge in [-0.05, 0) is 48.4 Å². The largest absolute Gasteiger partial charge is 0.465 e. The second kappa shape index (κ2) is 8.91. The molecule has 0 spiro atoms. The Labute approximate surface area is 185 Å². The molecule has 1 N–H and O–H groups in total. The number of rotatable bonds is 6. The summed E-state index contributed by atoms with van der Waals surface area (Å²) in [5.74, 6) is -0.766. The molecule has 0 unspecified atom stereocenters. The van der Waals surface area contributed by atoms with Crippen LogP contribution >= 0.6 is 11.3 Å². The third-order valence-electron chi connectivity index (χ3n) is 4.59. The zero-order valence-corrected chi connectivity index (χ0v) is 18.4. The van der Waals surface area contributed by atoms with Gasteiger partial charge in [-0.3, -0.25) is 4.72 Å². The van der Waals surface area contributed by atoms with Crippen LogP contribution in [0.3, 0.4) is 0 Å². The molecule has 0 saturated heterocycles. The summed E-state index contributed by atoms with van der Waals surface area (Å²) in [6.07, 6.45) is -4.44. The van der Waals surface area contributed by atoms with Gasteiger partial charge in [0.25, 0.3) is 10.0 Å².